The third-order valence-electron chi connectivity index (χ3n) is 2.94. The lowest BCUT2D eigenvalue weighted by molar-refractivity contribution is -0.123. The molecule has 0 saturated heterocycles. The number of amides is 1. The van der Waals surface area contributed by atoms with Crippen LogP contribution in [-0.4, -0.2) is 12.5 Å². The largest absolute Gasteiger partial charge is 0.483 e. The molecule has 0 saturated carbocycles. The lowest BCUT2D eigenvalue weighted by atomic mass is 10.1. The van der Waals surface area contributed by atoms with Gasteiger partial charge >= 0.3 is 0 Å². The summed E-state index contributed by atoms with van der Waals surface area (Å²) in [6, 6.07) is 14.7. The number of rotatable bonds is 5. The van der Waals surface area contributed by atoms with E-state index in [-0.39, 0.29) is 18.6 Å². The molecule has 5 heteroatoms. The van der Waals surface area contributed by atoms with Gasteiger partial charge in [-0.15, -0.1) is 0 Å². The number of nitrogens with one attached hydrogen (secondary N) is 1. The van der Waals surface area contributed by atoms with E-state index < -0.39 is 0 Å². The monoisotopic (exact) mass is 367 g/mol. The quantitative estimate of drug-likeness (QED) is 0.851. The minimum atomic E-state index is -0.173. The van der Waals surface area contributed by atoms with Crippen LogP contribution in [0.2, 0.25) is 5.02 Å². The van der Waals surface area contributed by atoms with Crippen molar-refractivity contribution < 1.29 is 9.53 Å². The van der Waals surface area contributed by atoms with E-state index in [1.54, 1.807) is 18.2 Å². The highest BCUT2D eigenvalue weighted by Crippen LogP contribution is 2.23. The smallest absolute Gasteiger partial charge is 0.258 e. The van der Waals surface area contributed by atoms with Crippen LogP contribution in [0.25, 0.3) is 0 Å². The van der Waals surface area contributed by atoms with Crippen LogP contribution >= 0.6 is 27.5 Å². The van der Waals surface area contributed by atoms with Crippen molar-refractivity contribution in [2.45, 2.75) is 13.0 Å². The lowest BCUT2D eigenvalue weighted by Gasteiger charge is -2.15. The van der Waals surface area contributed by atoms with Crippen LogP contribution in [0.1, 0.15) is 18.5 Å². The zero-order chi connectivity index (χ0) is 15.2. The van der Waals surface area contributed by atoms with Crippen molar-refractivity contribution in [3.8, 4) is 5.75 Å². The molecule has 2 aromatic carbocycles. The van der Waals surface area contributed by atoms with Gasteiger partial charge in [-0.3, -0.25) is 4.79 Å². The fourth-order valence-corrected chi connectivity index (χ4v) is 2.35. The second-order valence-corrected chi connectivity index (χ2v) is 5.85. The minimum absolute atomic E-state index is 0.0272. The zero-order valence-electron chi connectivity index (χ0n) is 11.5. The topological polar surface area (TPSA) is 38.3 Å². The Labute approximate surface area is 137 Å². The molecule has 0 fully saturated rings. The molecule has 0 spiro atoms. The summed E-state index contributed by atoms with van der Waals surface area (Å²) in [4.78, 5) is 11.9. The minimum Gasteiger partial charge on any atom is -0.483 e. The van der Waals surface area contributed by atoms with E-state index >= 15 is 0 Å². The average molecular weight is 369 g/mol. The van der Waals surface area contributed by atoms with Crippen LogP contribution in [0.15, 0.2) is 53.0 Å². The molecule has 0 aliphatic rings. The Balaban J connectivity index is 1.87. The van der Waals surface area contributed by atoms with Gasteiger partial charge in [0.2, 0.25) is 0 Å². The van der Waals surface area contributed by atoms with Crippen molar-refractivity contribution in [1.29, 1.82) is 0 Å². The number of hydrogen-bond donors (Lipinski definition) is 1. The van der Waals surface area contributed by atoms with Crippen molar-refractivity contribution in [2.24, 2.45) is 0 Å². The molecule has 1 amide bonds. The molecular formula is C16H15BrClNO2. The van der Waals surface area contributed by atoms with Gasteiger partial charge in [-0.2, -0.15) is 0 Å². The van der Waals surface area contributed by atoms with Crippen molar-refractivity contribution >= 4 is 33.4 Å². The van der Waals surface area contributed by atoms with Crippen molar-refractivity contribution in [3.05, 3.63) is 63.6 Å². The Bertz CT molecular complexity index is 616. The highest BCUT2D eigenvalue weighted by Gasteiger charge is 2.10. The number of benzene rings is 2. The van der Waals surface area contributed by atoms with Crippen LogP contribution in [0.3, 0.4) is 0 Å². The standard InChI is InChI=1S/C16H15BrClNO2/c1-11(12-6-8-13(18)9-7-12)19-16(20)10-21-15-5-3-2-4-14(15)17/h2-9,11H,10H2,1H3,(H,19,20)/t11-/m0/s1. The molecule has 2 rings (SSSR count). The molecule has 3 nitrogen and oxygen atoms in total. The van der Waals surface area contributed by atoms with Gasteiger partial charge in [-0.05, 0) is 52.7 Å². The third kappa shape index (κ3) is 4.76. The maximum absolute atomic E-state index is 11.9. The first-order chi connectivity index (χ1) is 10.1. The third-order valence-corrected chi connectivity index (χ3v) is 3.85. The summed E-state index contributed by atoms with van der Waals surface area (Å²) in [5, 5.41) is 3.56. The summed E-state index contributed by atoms with van der Waals surface area (Å²) in [5.41, 5.74) is 0.994. The molecule has 0 radical (unpaired) electrons. The predicted molar refractivity (Wildman–Crippen MR) is 87.6 cm³/mol. The Morgan fingerprint density at radius 1 is 1.24 bits per heavy atom. The highest BCUT2D eigenvalue weighted by atomic mass is 79.9. The van der Waals surface area contributed by atoms with E-state index in [4.69, 9.17) is 16.3 Å². The number of para-hydroxylation sites is 1. The number of carbonyl (C=O) groups is 1. The second kappa shape index (κ2) is 7.48. The van der Waals surface area contributed by atoms with E-state index in [1.165, 1.54) is 0 Å². The summed E-state index contributed by atoms with van der Waals surface area (Å²) < 4.78 is 6.30. The maximum Gasteiger partial charge on any atom is 0.258 e. The molecule has 0 unspecified atom stereocenters. The van der Waals surface area contributed by atoms with E-state index in [0.29, 0.717) is 10.8 Å². The van der Waals surface area contributed by atoms with E-state index in [0.717, 1.165) is 10.0 Å². The first kappa shape index (κ1) is 15.9. The summed E-state index contributed by atoms with van der Waals surface area (Å²) in [6.07, 6.45) is 0. The van der Waals surface area contributed by atoms with E-state index in [2.05, 4.69) is 21.2 Å². The Kier molecular flexibility index (Phi) is 5.65. The summed E-state index contributed by atoms with van der Waals surface area (Å²) >= 11 is 9.21. The van der Waals surface area contributed by atoms with Gasteiger partial charge in [0, 0.05) is 5.02 Å². The first-order valence-electron chi connectivity index (χ1n) is 6.48. The van der Waals surface area contributed by atoms with Crippen LogP contribution in [-0.2, 0) is 4.79 Å². The highest BCUT2D eigenvalue weighted by molar-refractivity contribution is 9.10. The molecule has 1 atom stereocenters. The lowest BCUT2D eigenvalue weighted by Crippen LogP contribution is -2.31. The van der Waals surface area contributed by atoms with Gasteiger partial charge in [-0.1, -0.05) is 35.9 Å². The molecule has 0 aliphatic heterocycles. The van der Waals surface area contributed by atoms with Crippen molar-refractivity contribution in [2.75, 3.05) is 6.61 Å². The average Bonchev–Trinajstić information content (AvgIpc) is 2.47. The van der Waals surface area contributed by atoms with Gasteiger partial charge in [0.1, 0.15) is 5.75 Å². The molecule has 110 valence electrons. The second-order valence-electron chi connectivity index (χ2n) is 4.56. The predicted octanol–water partition coefficient (Wildman–Crippen LogP) is 4.36. The molecule has 1 N–H and O–H groups in total. The Morgan fingerprint density at radius 2 is 1.90 bits per heavy atom. The fourth-order valence-electron chi connectivity index (χ4n) is 1.82. The number of ether oxygens (including phenoxy) is 1. The number of halogens is 2. The molecule has 2 aromatic rings. The van der Waals surface area contributed by atoms with Crippen LogP contribution in [0, 0.1) is 0 Å². The van der Waals surface area contributed by atoms with Crippen molar-refractivity contribution in [1.82, 2.24) is 5.32 Å². The number of hydrogen-bond acceptors (Lipinski definition) is 2. The van der Waals surface area contributed by atoms with Gasteiger partial charge in [0.05, 0.1) is 10.5 Å². The van der Waals surface area contributed by atoms with Crippen LogP contribution in [0.4, 0.5) is 0 Å². The Hall–Kier alpha value is -1.52. The maximum atomic E-state index is 11.9. The molecular weight excluding hydrogens is 354 g/mol. The molecule has 0 aliphatic carbocycles. The van der Waals surface area contributed by atoms with Gasteiger partial charge in [0.15, 0.2) is 6.61 Å². The molecule has 0 bridgehead atoms. The van der Waals surface area contributed by atoms with Crippen LogP contribution in [0.5, 0.6) is 5.75 Å². The summed E-state index contributed by atoms with van der Waals surface area (Å²) in [5.74, 6) is 0.472. The fraction of sp³-hybridized carbons (Fsp3) is 0.188. The van der Waals surface area contributed by atoms with Crippen molar-refractivity contribution in [3.63, 3.8) is 0 Å². The van der Waals surface area contributed by atoms with E-state index in [9.17, 15) is 4.79 Å². The first-order valence-corrected chi connectivity index (χ1v) is 7.65. The van der Waals surface area contributed by atoms with Gasteiger partial charge in [-0.25, -0.2) is 0 Å². The molecule has 0 aromatic heterocycles. The zero-order valence-corrected chi connectivity index (χ0v) is 13.8. The summed E-state index contributed by atoms with van der Waals surface area (Å²) in [6.45, 7) is 1.89. The summed E-state index contributed by atoms with van der Waals surface area (Å²) in [7, 11) is 0. The molecule has 21 heavy (non-hydrogen) atoms. The SMILES string of the molecule is C[C@H](NC(=O)COc1ccccc1Br)c1ccc(Cl)cc1. The van der Waals surface area contributed by atoms with Crippen LogP contribution < -0.4 is 10.1 Å². The van der Waals surface area contributed by atoms with E-state index in [1.807, 2.05) is 37.3 Å². The Morgan fingerprint density at radius 3 is 2.57 bits per heavy atom. The van der Waals surface area contributed by atoms with Gasteiger partial charge in [0.25, 0.3) is 5.91 Å². The van der Waals surface area contributed by atoms with Gasteiger partial charge < -0.3 is 10.1 Å². The normalized spacial score (nSPS) is 11.8. The molecule has 0 heterocycles. The number of carbonyl (C=O) groups excluding carboxylic acids is 1.